The van der Waals surface area contributed by atoms with Gasteiger partial charge in [0.2, 0.25) is 5.91 Å². The van der Waals surface area contributed by atoms with E-state index in [9.17, 15) is 9.59 Å². The van der Waals surface area contributed by atoms with Crippen LogP contribution in [0.3, 0.4) is 0 Å². The van der Waals surface area contributed by atoms with E-state index in [0.717, 1.165) is 22.4 Å². The maximum atomic E-state index is 12.9. The fraction of sp³-hybridized carbons (Fsp3) is 0.364. The minimum atomic E-state index is -0.454. The van der Waals surface area contributed by atoms with Gasteiger partial charge in [0.05, 0.1) is 7.11 Å². The van der Waals surface area contributed by atoms with Crippen LogP contribution in [0.1, 0.15) is 23.1 Å². The Kier molecular flexibility index (Phi) is 6.53. The van der Waals surface area contributed by atoms with Gasteiger partial charge in [0.25, 0.3) is 0 Å². The number of urea groups is 1. The van der Waals surface area contributed by atoms with Gasteiger partial charge in [-0.2, -0.15) is 0 Å². The molecule has 2 N–H and O–H groups in total. The molecule has 0 radical (unpaired) electrons. The Labute approximate surface area is 165 Å². The molecule has 2 aromatic carbocycles. The zero-order valence-corrected chi connectivity index (χ0v) is 16.4. The first-order valence-corrected chi connectivity index (χ1v) is 9.57. The van der Waals surface area contributed by atoms with Crippen molar-refractivity contribution in [2.45, 2.75) is 32.4 Å². The molecule has 0 bridgehead atoms. The highest BCUT2D eigenvalue weighted by molar-refractivity contribution is 5.88. The summed E-state index contributed by atoms with van der Waals surface area (Å²) in [5.74, 6) is 0.687. The van der Waals surface area contributed by atoms with Gasteiger partial charge < -0.3 is 20.3 Å². The summed E-state index contributed by atoms with van der Waals surface area (Å²) >= 11 is 0. The lowest BCUT2D eigenvalue weighted by Crippen LogP contribution is -2.47. The van der Waals surface area contributed by atoms with Crippen molar-refractivity contribution in [3.63, 3.8) is 0 Å². The third kappa shape index (κ3) is 5.25. The Morgan fingerprint density at radius 3 is 2.71 bits per heavy atom. The lowest BCUT2D eigenvalue weighted by atomic mass is 10.1. The van der Waals surface area contributed by atoms with E-state index in [1.54, 1.807) is 12.0 Å². The number of carbonyl (C=O) groups excluding carboxylic acids is 2. The van der Waals surface area contributed by atoms with Gasteiger partial charge in [-0.1, -0.05) is 42.0 Å². The summed E-state index contributed by atoms with van der Waals surface area (Å²) in [4.78, 5) is 26.5. The number of methoxy groups -OCH3 is 1. The predicted molar refractivity (Wildman–Crippen MR) is 108 cm³/mol. The van der Waals surface area contributed by atoms with Gasteiger partial charge in [-0.25, -0.2) is 4.79 Å². The Hall–Kier alpha value is -3.02. The van der Waals surface area contributed by atoms with E-state index < -0.39 is 6.04 Å². The van der Waals surface area contributed by atoms with Crippen LogP contribution in [0.25, 0.3) is 0 Å². The molecule has 1 heterocycles. The summed E-state index contributed by atoms with van der Waals surface area (Å²) < 4.78 is 5.28. The van der Waals surface area contributed by atoms with E-state index in [-0.39, 0.29) is 11.9 Å². The molecular weight excluding hydrogens is 354 g/mol. The molecule has 0 saturated carbocycles. The number of benzene rings is 2. The minimum Gasteiger partial charge on any atom is -0.497 e. The molecule has 0 spiro atoms. The van der Waals surface area contributed by atoms with Crippen LogP contribution in [-0.4, -0.2) is 43.1 Å². The standard InChI is InChI=1S/C22H27N3O3/c1-16-5-3-7-18(13-16)15-25(22(27)24-20-9-11-23-21(20)26)12-10-17-6-4-8-19(14-17)28-2/h3-8,13-14,20H,9-12,15H2,1-2H3,(H,23,26)(H,24,27)/t20-/m0/s1. The van der Waals surface area contributed by atoms with Gasteiger partial charge in [0, 0.05) is 19.6 Å². The van der Waals surface area contributed by atoms with E-state index in [1.165, 1.54) is 0 Å². The van der Waals surface area contributed by atoms with E-state index >= 15 is 0 Å². The van der Waals surface area contributed by atoms with Gasteiger partial charge in [-0.3, -0.25) is 4.79 Å². The first kappa shape index (κ1) is 19.7. The Bertz CT molecular complexity index is 837. The van der Waals surface area contributed by atoms with Crippen LogP contribution in [-0.2, 0) is 17.8 Å². The first-order valence-electron chi connectivity index (χ1n) is 9.57. The number of carbonyl (C=O) groups is 2. The average Bonchev–Trinajstić information content (AvgIpc) is 3.09. The Morgan fingerprint density at radius 2 is 2.00 bits per heavy atom. The first-order chi connectivity index (χ1) is 13.5. The molecule has 2 aromatic rings. The summed E-state index contributed by atoms with van der Waals surface area (Å²) in [5.41, 5.74) is 3.32. The number of nitrogens with one attached hydrogen (secondary N) is 2. The van der Waals surface area contributed by atoms with Gasteiger partial charge in [-0.05, 0) is 43.0 Å². The zero-order chi connectivity index (χ0) is 19.9. The Balaban J connectivity index is 1.70. The smallest absolute Gasteiger partial charge is 0.318 e. The van der Waals surface area contributed by atoms with Crippen molar-refractivity contribution in [2.75, 3.05) is 20.2 Å². The van der Waals surface area contributed by atoms with Crippen LogP contribution in [0.5, 0.6) is 5.75 Å². The highest BCUT2D eigenvalue weighted by Gasteiger charge is 2.27. The van der Waals surface area contributed by atoms with E-state index in [2.05, 4.69) is 16.7 Å². The average molecular weight is 381 g/mol. The van der Waals surface area contributed by atoms with Crippen molar-refractivity contribution < 1.29 is 14.3 Å². The molecular formula is C22H27N3O3. The summed E-state index contributed by atoms with van der Waals surface area (Å²) in [5, 5.41) is 5.63. The molecule has 148 valence electrons. The molecule has 28 heavy (non-hydrogen) atoms. The van der Waals surface area contributed by atoms with Crippen molar-refractivity contribution in [2.24, 2.45) is 0 Å². The summed E-state index contributed by atoms with van der Waals surface area (Å²) in [6.07, 6.45) is 1.33. The number of hydrogen-bond acceptors (Lipinski definition) is 3. The molecule has 1 aliphatic rings. The monoisotopic (exact) mass is 381 g/mol. The molecule has 1 fully saturated rings. The lowest BCUT2D eigenvalue weighted by Gasteiger charge is -2.25. The third-order valence-corrected chi connectivity index (χ3v) is 4.89. The fourth-order valence-electron chi connectivity index (χ4n) is 3.35. The highest BCUT2D eigenvalue weighted by atomic mass is 16.5. The molecule has 6 heteroatoms. The van der Waals surface area contributed by atoms with Gasteiger partial charge in [-0.15, -0.1) is 0 Å². The van der Waals surface area contributed by atoms with Crippen LogP contribution in [0, 0.1) is 6.92 Å². The summed E-state index contributed by atoms with van der Waals surface area (Å²) in [7, 11) is 1.64. The minimum absolute atomic E-state index is 0.114. The summed E-state index contributed by atoms with van der Waals surface area (Å²) in [6, 6.07) is 15.3. The normalized spacial score (nSPS) is 15.8. The molecule has 3 rings (SSSR count). The number of rotatable bonds is 7. The molecule has 3 amide bonds. The maximum absolute atomic E-state index is 12.9. The van der Waals surface area contributed by atoms with E-state index in [0.29, 0.717) is 32.5 Å². The number of hydrogen-bond donors (Lipinski definition) is 2. The highest BCUT2D eigenvalue weighted by Crippen LogP contribution is 2.15. The molecule has 6 nitrogen and oxygen atoms in total. The topological polar surface area (TPSA) is 70.7 Å². The number of aryl methyl sites for hydroxylation is 1. The van der Waals surface area contributed by atoms with Crippen LogP contribution in [0.15, 0.2) is 48.5 Å². The van der Waals surface area contributed by atoms with Crippen LogP contribution in [0.2, 0.25) is 0 Å². The molecule has 0 aliphatic carbocycles. The number of amides is 3. The predicted octanol–water partition coefficient (Wildman–Crippen LogP) is 2.65. The second-order valence-electron chi connectivity index (χ2n) is 7.09. The molecule has 1 atom stereocenters. The largest absolute Gasteiger partial charge is 0.497 e. The molecule has 1 saturated heterocycles. The third-order valence-electron chi connectivity index (χ3n) is 4.89. The maximum Gasteiger partial charge on any atom is 0.318 e. The zero-order valence-electron chi connectivity index (χ0n) is 16.4. The van der Waals surface area contributed by atoms with Gasteiger partial charge in [0.1, 0.15) is 11.8 Å². The number of ether oxygens (including phenoxy) is 1. The fourth-order valence-corrected chi connectivity index (χ4v) is 3.35. The molecule has 1 aliphatic heterocycles. The second-order valence-corrected chi connectivity index (χ2v) is 7.09. The lowest BCUT2D eigenvalue weighted by molar-refractivity contribution is -0.120. The van der Waals surface area contributed by atoms with Gasteiger partial charge >= 0.3 is 6.03 Å². The van der Waals surface area contributed by atoms with Crippen LogP contribution in [0.4, 0.5) is 4.79 Å². The van der Waals surface area contributed by atoms with Crippen molar-refractivity contribution in [3.05, 3.63) is 65.2 Å². The Morgan fingerprint density at radius 1 is 1.21 bits per heavy atom. The van der Waals surface area contributed by atoms with Crippen LogP contribution >= 0.6 is 0 Å². The van der Waals surface area contributed by atoms with Crippen molar-refractivity contribution in [3.8, 4) is 5.75 Å². The van der Waals surface area contributed by atoms with Crippen molar-refractivity contribution in [1.29, 1.82) is 0 Å². The van der Waals surface area contributed by atoms with Crippen LogP contribution < -0.4 is 15.4 Å². The molecule has 0 unspecified atom stereocenters. The van der Waals surface area contributed by atoms with Crippen molar-refractivity contribution >= 4 is 11.9 Å². The van der Waals surface area contributed by atoms with E-state index in [1.807, 2.05) is 49.4 Å². The SMILES string of the molecule is COc1cccc(CCN(Cc2cccc(C)c2)C(=O)N[C@H]2CCNC2=O)c1. The van der Waals surface area contributed by atoms with Gasteiger partial charge in [0.15, 0.2) is 0 Å². The summed E-state index contributed by atoms with van der Waals surface area (Å²) in [6.45, 7) is 3.67. The van der Waals surface area contributed by atoms with Crippen molar-refractivity contribution in [1.82, 2.24) is 15.5 Å². The molecule has 0 aromatic heterocycles. The second kappa shape index (κ2) is 9.26. The van der Waals surface area contributed by atoms with E-state index in [4.69, 9.17) is 4.74 Å². The number of nitrogens with zero attached hydrogens (tertiary/aromatic N) is 1. The quantitative estimate of drug-likeness (QED) is 0.775.